The molecular weight excluding hydrogens is 312 g/mol. The molecule has 0 atom stereocenters. The van der Waals surface area contributed by atoms with Crippen molar-refractivity contribution in [1.29, 1.82) is 0 Å². The number of rotatable bonds is 4. The van der Waals surface area contributed by atoms with E-state index in [9.17, 15) is 9.90 Å². The van der Waals surface area contributed by atoms with Crippen LogP contribution in [0.25, 0.3) is 22.3 Å². The van der Waals surface area contributed by atoms with Gasteiger partial charge in [-0.05, 0) is 36.4 Å². The molecule has 3 aromatic rings. The first-order valence-corrected chi connectivity index (χ1v) is 7.15. The molecule has 1 heterocycles. The van der Waals surface area contributed by atoms with Crippen LogP contribution in [-0.4, -0.2) is 26.4 Å². The Hall–Kier alpha value is -3.15. The zero-order valence-electron chi connectivity index (χ0n) is 13.5. The Labute approximate surface area is 137 Å². The first-order chi connectivity index (χ1) is 11.6. The van der Waals surface area contributed by atoms with Crippen LogP contribution in [0.1, 0.15) is 0 Å². The second-order valence-electron chi connectivity index (χ2n) is 5.04. The molecule has 1 N–H and O–H groups in total. The van der Waals surface area contributed by atoms with Gasteiger partial charge in [0, 0.05) is 5.56 Å². The fraction of sp³-hybridized carbons (Fsp3) is 0.167. The summed E-state index contributed by atoms with van der Waals surface area (Å²) in [5, 5.41) is 10.5. The molecule has 2 aromatic carbocycles. The number of methoxy groups -OCH3 is 3. The van der Waals surface area contributed by atoms with Crippen molar-refractivity contribution in [1.82, 2.24) is 0 Å². The highest BCUT2D eigenvalue weighted by molar-refractivity contribution is 5.83. The van der Waals surface area contributed by atoms with Gasteiger partial charge in [-0.3, -0.25) is 4.79 Å². The zero-order valence-corrected chi connectivity index (χ0v) is 13.5. The van der Waals surface area contributed by atoms with Crippen LogP contribution in [0.2, 0.25) is 0 Å². The SMILES string of the molecule is COc1ccc2oc(-c3ccc(OC)c(OC)c3)c(O)c(=O)c2c1. The van der Waals surface area contributed by atoms with Crippen molar-refractivity contribution in [2.45, 2.75) is 0 Å². The van der Waals surface area contributed by atoms with Crippen LogP contribution >= 0.6 is 0 Å². The van der Waals surface area contributed by atoms with Crippen LogP contribution in [-0.2, 0) is 0 Å². The quantitative estimate of drug-likeness (QED) is 0.792. The van der Waals surface area contributed by atoms with Crippen LogP contribution in [0.15, 0.2) is 45.6 Å². The van der Waals surface area contributed by atoms with Gasteiger partial charge in [0.15, 0.2) is 17.3 Å². The Morgan fingerprint density at radius 2 is 1.67 bits per heavy atom. The minimum atomic E-state index is -0.528. The van der Waals surface area contributed by atoms with Gasteiger partial charge in [0.25, 0.3) is 0 Å². The molecule has 0 fully saturated rings. The summed E-state index contributed by atoms with van der Waals surface area (Å²) in [4.78, 5) is 12.4. The van der Waals surface area contributed by atoms with Crippen LogP contribution in [0, 0.1) is 0 Å². The topological polar surface area (TPSA) is 78.1 Å². The Bertz CT molecular complexity index is 958. The Kier molecular flexibility index (Phi) is 4.04. The van der Waals surface area contributed by atoms with Crippen LogP contribution in [0.5, 0.6) is 23.0 Å². The maximum Gasteiger partial charge on any atom is 0.235 e. The number of hydrogen-bond acceptors (Lipinski definition) is 6. The van der Waals surface area contributed by atoms with E-state index >= 15 is 0 Å². The maximum absolute atomic E-state index is 12.4. The molecule has 0 saturated heterocycles. The van der Waals surface area contributed by atoms with Gasteiger partial charge in [-0.2, -0.15) is 0 Å². The normalized spacial score (nSPS) is 10.6. The van der Waals surface area contributed by atoms with E-state index in [2.05, 4.69) is 0 Å². The highest BCUT2D eigenvalue weighted by Crippen LogP contribution is 2.36. The Balaban J connectivity index is 2.24. The summed E-state index contributed by atoms with van der Waals surface area (Å²) in [5.41, 5.74) is 0.322. The third-order valence-corrected chi connectivity index (χ3v) is 3.72. The summed E-state index contributed by atoms with van der Waals surface area (Å²) in [6.07, 6.45) is 0. The highest BCUT2D eigenvalue weighted by Gasteiger charge is 2.17. The molecule has 0 amide bonds. The molecule has 0 spiro atoms. The summed E-state index contributed by atoms with van der Waals surface area (Å²) in [7, 11) is 4.53. The van der Waals surface area contributed by atoms with Gasteiger partial charge < -0.3 is 23.7 Å². The van der Waals surface area contributed by atoms with E-state index in [1.165, 1.54) is 27.4 Å². The summed E-state index contributed by atoms with van der Waals surface area (Å²) in [6.45, 7) is 0. The van der Waals surface area contributed by atoms with E-state index in [0.717, 1.165) is 0 Å². The molecule has 124 valence electrons. The lowest BCUT2D eigenvalue weighted by molar-refractivity contribution is 0.355. The van der Waals surface area contributed by atoms with E-state index in [1.807, 2.05) is 0 Å². The average molecular weight is 328 g/mol. The Morgan fingerprint density at radius 1 is 0.917 bits per heavy atom. The number of aromatic hydroxyl groups is 1. The van der Waals surface area contributed by atoms with Gasteiger partial charge in [0.2, 0.25) is 11.2 Å². The van der Waals surface area contributed by atoms with Gasteiger partial charge in [0.05, 0.1) is 26.7 Å². The fourth-order valence-corrected chi connectivity index (χ4v) is 2.46. The van der Waals surface area contributed by atoms with Crippen molar-refractivity contribution >= 4 is 11.0 Å². The summed E-state index contributed by atoms with van der Waals surface area (Å²) in [6, 6.07) is 9.81. The van der Waals surface area contributed by atoms with Gasteiger partial charge in [0.1, 0.15) is 11.3 Å². The van der Waals surface area contributed by atoms with Crippen molar-refractivity contribution < 1.29 is 23.7 Å². The monoisotopic (exact) mass is 328 g/mol. The molecule has 0 saturated carbocycles. The predicted octanol–water partition coefficient (Wildman–Crippen LogP) is 3.19. The van der Waals surface area contributed by atoms with Crippen molar-refractivity contribution in [3.05, 3.63) is 46.6 Å². The highest BCUT2D eigenvalue weighted by atomic mass is 16.5. The number of benzene rings is 2. The van der Waals surface area contributed by atoms with Gasteiger partial charge >= 0.3 is 0 Å². The van der Waals surface area contributed by atoms with E-state index in [4.69, 9.17) is 18.6 Å². The molecule has 6 nitrogen and oxygen atoms in total. The second-order valence-corrected chi connectivity index (χ2v) is 5.04. The largest absolute Gasteiger partial charge is 0.502 e. The molecule has 0 aliphatic carbocycles. The molecule has 0 aliphatic rings. The maximum atomic E-state index is 12.4. The minimum absolute atomic E-state index is 0.0682. The van der Waals surface area contributed by atoms with Crippen molar-refractivity contribution in [3.8, 4) is 34.3 Å². The molecular formula is C18H16O6. The molecule has 24 heavy (non-hydrogen) atoms. The predicted molar refractivity (Wildman–Crippen MR) is 89.2 cm³/mol. The number of hydrogen-bond donors (Lipinski definition) is 1. The first kappa shape index (κ1) is 15.7. The van der Waals surface area contributed by atoms with Crippen molar-refractivity contribution in [2.75, 3.05) is 21.3 Å². The van der Waals surface area contributed by atoms with E-state index < -0.39 is 11.2 Å². The van der Waals surface area contributed by atoms with E-state index in [0.29, 0.717) is 28.4 Å². The van der Waals surface area contributed by atoms with E-state index in [-0.39, 0.29) is 11.1 Å². The second kappa shape index (κ2) is 6.16. The molecule has 0 radical (unpaired) electrons. The zero-order chi connectivity index (χ0) is 17.3. The van der Waals surface area contributed by atoms with Gasteiger partial charge in [-0.25, -0.2) is 0 Å². The lowest BCUT2D eigenvalue weighted by Gasteiger charge is -2.11. The summed E-state index contributed by atoms with van der Waals surface area (Å²) >= 11 is 0. The standard InChI is InChI=1S/C18H16O6/c1-21-11-5-7-13-12(9-11)16(19)17(20)18(24-13)10-4-6-14(22-2)15(8-10)23-3/h4-9,20H,1-3H3. The van der Waals surface area contributed by atoms with Crippen LogP contribution < -0.4 is 19.6 Å². The summed E-state index contributed by atoms with van der Waals surface area (Å²) in [5.74, 6) is 1.11. The van der Waals surface area contributed by atoms with E-state index in [1.54, 1.807) is 30.3 Å². The first-order valence-electron chi connectivity index (χ1n) is 7.15. The third-order valence-electron chi connectivity index (χ3n) is 3.72. The molecule has 0 aliphatic heterocycles. The molecule has 6 heteroatoms. The van der Waals surface area contributed by atoms with Gasteiger partial charge in [-0.1, -0.05) is 0 Å². The number of ether oxygens (including phenoxy) is 3. The third kappa shape index (κ3) is 2.52. The molecule has 0 unspecified atom stereocenters. The van der Waals surface area contributed by atoms with Crippen LogP contribution in [0.3, 0.4) is 0 Å². The van der Waals surface area contributed by atoms with Crippen molar-refractivity contribution in [2.24, 2.45) is 0 Å². The molecule has 0 bridgehead atoms. The Morgan fingerprint density at radius 3 is 2.33 bits per heavy atom. The fourth-order valence-electron chi connectivity index (χ4n) is 2.46. The van der Waals surface area contributed by atoms with Gasteiger partial charge in [-0.15, -0.1) is 0 Å². The van der Waals surface area contributed by atoms with Crippen LogP contribution in [0.4, 0.5) is 0 Å². The average Bonchev–Trinajstić information content (AvgIpc) is 2.63. The number of fused-ring (bicyclic) bond motifs is 1. The molecule has 1 aromatic heterocycles. The minimum Gasteiger partial charge on any atom is -0.502 e. The summed E-state index contributed by atoms with van der Waals surface area (Å²) < 4.78 is 21.3. The molecule has 3 rings (SSSR count). The lowest BCUT2D eigenvalue weighted by atomic mass is 10.1. The smallest absolute Gasteiger partial charge is 0.235 e. The lowest BCUT2D eigenvalue weighted by Crippen LogP contribution is -2.03. The van der Waals surface area contributed by atoms with Crippen molar-refractivity contribution in [3.63, 3.8) is 0 Å².